The summed E-state index contributed by atoms with van der Waals surface area (Å²) in [6.45, 7) is 5.24. The number of carbonyl (C=O) groups excluding carboxylic acids is 1. The van der Waals surface area contributed by atoms with Gasteiger partial charge in [-0.1, -0.05) is 36.6 Å². The van der Waals surface area contributed by atoms with Gasteiger partial charge in [-0.3, -0.25) is 9.69 Å². The molecule has 6 heteroatoms. The summed E-state index contributed by atoms with van der Waals surface area (Å²) in [7, 11) is -1.03. The smallest absolute Gasteiger partial charge is 0.237 e. The SMILES string of the molecule is Cc1ccc(CN(C)CC(=O)N(C2CCCC2)[C@@H]2CCS(=O)(=O)C2)c(C)c1. The second kappa shape index (κ2) is 8.31. The van der Waals surface area contributed by atoms with Crippen LogP contribution in [0.15, 0.2) is 18.2 Å². The molecular formula is C21H32N2O3S. The highest BCUT2D eigenvalue weighted by Crippen LogP contribution is 2.29. The molecule has 1 aromatic carbocycles. The van der Waals surface area contributed by atoms with E-state index in [2.05, 4.69) is 32.0 Å². The molecule has 1 saturated carbocycles. The molecule has 1 saturated heterocycles. The van der Waals surface area contributed by atoms with Gasteiger partial charge in [0, 0.05) is 18.6 Å². The average Bonchev–Trinajstić information content (AvgIpc) is 3.20. The summed E-state index contributed by atoms with van der Waals surface area (Å²) in [5.41, 5.74) is 3.71. The molecule has 2 fully saturated rings. The number of amides is 1. The zero-order valence-electron chi connectivity index (χ0n) is 16.8. The molecule has 1 heterocycles. The van der Waals surface area contributed by atoms with Crippen LogP contribution in [0.25, 0.3) is 0 Å². The van der Waals surface area contributed by atoms with Crippen LogP contribution in [0.5, 0.6) is 0 Å². The maximum absolute atomic E-state index is 13.2. The molecule has 2 aliphatic rings. The molecule has 0 bridgehead atoms. The third kappa shape index (κ3) is 5.11. The van der Waals surface area contributed by atoms with Crippen LogP contribution in [-0.2, 0) is 21.2 Å². The number of benzene rings is 1. The van der Waals surface area contributed by atoms with Crippen molar-refractivity contribution in [1.82, 2.24) is 9.80 Å². The highest BCUT2D eigenvalue weighted by molar-refractivity contribution is 7.91. The van der Waals surface area contributed by atoms with Gasteiger partial charge in [0.05, 0.1) is 18.1 Å². The van der Waals surface area contributed by atoms with Crippen molar-refractivity contribution >= 4 is 15.7 Å². The third-order valence-corrected chi connectivity index (χ3v) is 7.70. The lowest BCUT2D eigenvalue weighted by atomic mass is 10.1. The highest BCUT2D eigenvalue weighted by atomic mass is 32.2. The maximum Gasteiger partial charge on any atom is 0.237 e. The van der Waals surface area contributed by atoms with Gasteiger partial charge in [-0.25, -0.2) is 8.42 Å². The van der Waals surface area contributed by atoms with Gasteiger partial charge in [0.1, 0.15) is 0 Å². The van der Waals surface area contributed by atoms with E-state index in [4.69, 9.17) is 0 Å². The van der Waals surface area contributed by atoms with Crippen LogP contribution < -0.4 is 0 Å². The van der Waals surface area contributed by atoms with Crippen LogP contribution in [0.1, 0.15) is 48.8 Å². The summed E-state index contributed by atoms with van der Waals surface area (Å²) in [5.74, 6) is 0.430. The Hall–Kier alpha value is -1.40. The second-order valence-corrected chi connectivity index (χ2v) is 10.6. The number of hydrogen-bond acceptors (Lipinski definition) is 4. The molecule has 1 aliphatic heterocycles. The largest absolute Gasteiger partial charge is 0.335 e. The van der Waals surface area contributed by atoms with Crippen LogP contribution in [0.2, 0.25) is 0 Å². The van der Waals surface area contributed by atoms with Gasteiger partial charge in [-0.15, -0.1) is 0 Å². The molecule has 1 aromatic rings. The van der Waals surface area contributed by atoms with Crippen LogP contribution in [-0.4, -0.2) is 61.3 Å². The molecule has 1 aliphatic carbocycles. The fourth-order valence-electron chi connectivity index (χ4n) is 4.57. The van der Waals surface area contributed by atoms with Gasteiger partial charge in [-0.2, -0.15) is 0 Å². The lowest BCUT2D eigenvalue weighted by Gasteiger charge is -2.35. The first-order chi connectivity index (χ1) is 12.7. The van der Waals surface area contributed by atoms with E-state index < -0.39 is 9.84 Å². The molecule has 27 heavy (non-hydrogen) atoms. The lowest BCUT2D eigenvalue weighted by molar-refractivity contribution is -0.136. The highest BCUT2D eigenvalue weighted by Gasteiger charge is 2.39. The minimum atomic E-state index is -3.00. The summed E-state index contributed by atoms with van der Waals surface area (Å²) in [5, 5.41) is 0. The zero-order chi connectivity index (χ0) is 19.6. The van der Waals surface area contributed by atoms with Crippen molar-refractivity contribution in [3.63, 3.8) is 0 Å². The van der Waals surface area contributed by atoms with Crippen molar-refractivity contribution in [3.8, 4) is 0 Å². The van der Waals surface area contributed by atoms with Crippen LogP contribution >= 0.6 is 0 Å². The van der Waals surface area contributed by atoms with Gasteiger partial charge in [-0.05, 0) is 51.3 Å². The first-order valence-corrected chi connectivity index (χ1v) is 11.8. The topological polar surface area (TPSA) is 57.7 Å². The number of sulfone groups is 1. The first kappa shape index (κ1) is 20.3. The van der Waals surface area contributed by atoms with Gasteiger partial charge >= 0.3 is 0 Å². The van der Waals surface area contributed by atoms with Crippen molar-refractivity contribution in [2.75, 3.05) is 25.1 Å². The summed E-state index contributed by atoms with van der Waals surface area (Å²) in [6.07, 6.45) is 4.86. The number of aryl methyl sites for hydroxylation is 2. The van der Waals surface area contributed by atoms with E-state index in [1.54, 1.807) is 0 Å². The molecule has 0 N–H and O–H groups in total. The number of likely N-dealkylation sites (N-methyl/N-ethyl adjacent to an activating group) is 1. The Morgan fingerprint density at radius 1 is 1.11 bits per heavy atom. The Bertz CT molecular complexity index is 785. The predicted octanol–water partition coefficient (Wildman–Crippen LogP) is 2.69. The lowest BCUT2D eigenvalue weighted by Crippen LogP contribution is -2.50. The van der Waals surface area contributed by atoms with Crippen molar-refractivity contribution in [2.24, 2.45) is 0 Å². The summed E-state index contributed by atoms with van der Waals surface area (Å²) in [4.78, 5) is 17.1. The van der Waals surface area contributed by atoms with Crippen LogP contribution in [0.3, 0.4) is 0 Å². The molecule has 150 valence electrons. The normalized spacial score (nSPS) is 22.4. The number of nitrogens with zero attached hydrogens (tertiary/aromatic N) is 2. The van der Waals surface area contributed by atoms with E-state index in [9.17, 15) is 13.2 Å². The maximum atomic E-state index is 13.2. The summed E-state index contributed by atoms with van der Waals surface area (Å²) < 4.78 is 23.9. The Labute approximate surface area is 163 Å². The number of rotatable bonds is 6. The minimum Gasteiger partial charge on any atom is -0.335 e. The molecule has 0 spiro atoms. The Morgan fingerprint density at radius 3 is 2.41 bits per heavy atom. The Morgan fingerprint density at radius 2 is 1.81 bits per heavy atom. The first-order valence-electron chi connectivity index (χ1n) is 10.0. The molecule has 1 amide bonds. The monoisotopic (exact) mass is 392 g/mol. The van der Waals surface area contributed by atoms with Crippen molar-refractivity contribution in [3.05, 3.63) is 34.9 Å². The van der Waals surface area contributed by atoms with Gasteiger partial charge in [0.15, 0.2) is 9.84 Å². The minimum absolute atomic E-state index is 0.0799. The molecule has 5 nitrogen and oxygen atoms in total. The molecule has 0 aromatic heterocycles. The van der Waals surface area contributed by atoms with E-state index in [0.29, 0.717) is 13.0 Å². The fraction of sp³-hybridized carbons (Fsp3) is 0.667. The van der Waals surface area contributed by atoms with Gasteiger partial charge in [0.2, 0.25) is 5.91 Å². The van der Waals surface area contributed by atoms with Gasteiger partial charge < -0.3 is 4.90 Å². The number of hydrogen-bond donors (Lipinski definition) is 0. The van der Waals surface area contributed by atoms with Crippen LogP contribution in [0, 0.1) is 13.8 Å². The van der Waals surface area contributed by atoms with Crippen LogP contribution in [0.4, 0.5) is 0 Å². The van der Waals surface area contributed by atoms with E-state index in [1.807, 2.05) is 16.8 Å². The standard InChI is InChI=1S/C21H32N2O3S/c1-16-8-9-18(17(2)12-16)13-22(3)14-21(24)23(19-6-4-5-7-19)20-10-11-27(25,26)15-20/h8-9,12,19-20H,4-7,10-11,13-15H2,1-3H3/t20-/m1/s1. The molecule has 0 unspecified atom stereocenters. The Kier molecular flexibility index (Phi) is 6.26. The quantitative estimate of drug-likeness (QED) is 0.747. The van der Waals surface area contributed by atoms with Crippen molar-refractivity contribution in [1.29, 1.82) is 0 Å². The number of carbonyl (C=O) groups is 1. The molecule has 0 radical (unpaired) electrons. The Balaban J connectivity index is 1.68. The fourth-order valence-corrected chi connectivity index (χ4v) is 6.28. The molecular weight excluding hydrogens is 360 g/mol. The summed E-state index contributed by atoms with van der Waals surface area (Å²) >= 11 is 0. The average molecular weight is 393 g/mol. The van der Waals surface area contributed by atoms with Crippen molar-refractivity contribution in [2.45, 2.75) is 64.6 Å². The molecule has 3 rings (SSSR count). The van der Waals surface area contributed by atoms with E-state index in [0.717, 1.165) is 32.2 Å². The van der Waals surface area contributed by atoms with Crippen molar-refractivity contribution < 1.29 is 13.2 Å². The summed E-state index contributed by atoms with van der Waals surface area (Å²) in [6, 6.07) is 6.47. The predicted molar refractivity (Wildman–Crippen MR) is 108 cm³/mol. The van der Waals surface area contributed by atoms with E-state index in [-0.39, 0.29) is 29.5 Å². The van der Waals surface area contributed by atoms with E-state index in [1.165, 1.54) is 16.7 Å². The zero-order valence-corrected chi connectivity index (χ0v) is 17.6. The van der Waals surface area contributed by atoms with Gasteiger partial charge in [0.25, 0.3) is 0 Å². The third-order valence-electron chi connectivity index (χ3n) is 5.95. The van der Waals surface area contributed by atoms with E-state index >= 15 is 0 Å². The second-order valence-electron chi connectivity index (χ2n) is 8.40. The molecule has 1 atom stereocenters.